The van der Waals surface area contributed by atoms with Gasteiger partial charge in [-0.05, 0) is 36.6 Å². The predicted octanol–water partition coefficient (Wildman–Crippen LogP) is 1.83. The molecule has 4 atom stereocenters. The molecule has 1 saturated heterocycles. The van der Waals surface area contributed by atoms with Crippen LogP contribution in [0.5, 0.6) is 0 Å². The molecular formula is C25H25ClFN7O7. The Morgan fingerprint density at radius 3 is 2.51 bits per heavy atom. The maximum atomic E-state index is 15.2. The van der Waals surface area contributed by atoms with Crippen molar-refractivity contribution in [3.8, 4) is 11.1 Å². The van der Waals surface area contributed by atoms with Gasteiger partial charge in [0.05, 0.1) is 18.6 Å². The van der Waals surface area contributed by atoms with Crippen molar-refractivity contribution >= 4 is 40.5 Å². The van der Waals surface area contributed by atoms with Crippen molar-refractivity contribution in [1.82, 2.24) is 29.7 Å². The molecule has 3 aromatic heterocycles. The standard InChI is InChI=1S/C25H25ClFN7O7/c1-10-15(11(2)33-32-10)13-5-3-12(4-6-13)7-25(22(36)37,23(38)39)40-8-14-18(35)16(27)21(41-14)34-9-29-17-19(28)30-24(26)31-20(17)34/h3-6,9,14,16,18,21,35H,7-8H2,1-2H3,(H,32,33)(H,36,37)(H,38,39)(H2,28,30,31)/t14-,16+,18-,21-/m1/s1. The van der Waals surface area contributed by atoms with Crippen LogP contribution in [-0.4, -0.2) is 87.6 Å². The minimum Gasteiger partial charge on any atom is -0.479 e. The van der Waals surface area contributed by atoms with E-state index in [1.54, 1.807) is 24.3 Å². The molecule has 0 spiro atoms. The summed E-state index contributed by atoms with van der Waals surface area (Å²) in [5.74, 6) is -3.61. The van der Waals surface area contributed by atoms with Gasteiger partial charge in [-0.1, -0.05) is 24.3 Å². The smallest absolute Gasteiger partial charge is 0.348 e. The number of benzene rings is 1. The van der Waals surface area contributed by atoms with Crippen molar-refractivity contribution in [2.75, 3.05) is 12.3 Å². The third-order valence-electron chi connectivity index (χ3n) is 7.00. The quantitative estimate of drug-likeness (QED) is 0.140. The number of nitrogens with one attached hydrogen (secondary N) is 1. The van der Waals surface area contributed by atoms with Crippen molar-refractivity contribution in [1.29, 1.82) is 0 Å². The third-order valence-corrected chi connectivity index (χ3v) is 7.17. The summed E-state index contributed by atoms with van der Waals surface area (Å²) in [6.45, 7) is 2.93. The van der Waals surface area contributed by atoms with Crippen molar-refractivity contribution in [3.63, 3.8) is 0 Å². The number of carbonyl (C=O) groups is 2. The molecule has 16 heteroatoms. The number of H-pyrrole nitrogens is 1. The van der Waals surface area contributed by atoms with Gasteiger partial charge < -0.3 is 30.5 Å². The monoisotopic (exact) mass is 589 g/mol. The lowest BCUT2D eigenvalue weighted by molar-refractivity contribution is -0.190. The molecule has 4 heterocycles. The van der Waals surface area contributed by atoms with Gasteiger partial charge in [-0.25, -0.2) is 19.0 Å². The first-order chi connectivity index (χ1) is 19.4. The van der Waals surface area contributed by atoms with Crippen LogP contribution in [0.15, 0.2) is 30.6 Å². The van der Waals surface area contributed by atoms with Crippen LogP contribution in [-0.2, 0) is 25.5 Å². The van der Waals surface area contributed by atoms with Crippen molar-refractivity contribution in [2.24, 2.45) is 0 Å². The number of aromatic nitrogens is 6. The van der Waals surface area contributed by atoms with E-state index in [0.29, 0.717) is 5.56 Å². The van der Waals surface area contributed by atoms with Gasteiger partial charge >= 0.3 is 11.9 Å². The molecule has 0 bridgehead atoms. The normalized spacial score (nSPS) is 21.0. The Hall–Kier alpha value is -4.18. The number of alkyl halides is 1. The highest BCUT2D eigenvalue weighted by Gasteiger charge is 2.52. The molecule has 1 aliphatic rings. The lowest BCUT2D eigenvalue weighted by Gasteiger charge is -2.27. The van der Waals surface area contributed by atoms with Gasteiger partial charge in [0, 0.05) is 17.7 Å². The lowest BCUT2D eigenvalue weighted by Crippen LogP contribution is -2.52. The van der Waals surface area contributed by atoms with Gasteiger partial charge in [-0.3, -0.25) is 9.67 Å². The minimum atomic E-state index is -2.76. The van der Waals surface area contributed by atoms with E-state index in [4.69, 9.17) is 26.8 Å². The highest BCUT2D eigenvalue weighted by Crippen LogP contribution is 2.35. The number of carboxylic acids is 2. The maximum Gasteiger partial charge on any atom is 0.348 e. The summed E-state index contributed by atoms with van der Waals surface area (Å²) in [7, 11) is 0. The number of aryl methyl sites for hydroxylation is 2. The van der Waals surface area contributed by atoms with Gasteiger partial charge in [-0.2, -0.15) is 15.1 Å². The third kappa shape index (κ3) is 4.97. The van der Waals surface area contributed by atoms with Crippen molar-refractivity contribution in [2.45, 2.75) is 50.5 Å². The van der Waals surface area contributed by atoms with E-state index in [2.05, 4.69) is 25.1 Å². The number of nitrogens with zero attached hydrogens (tertiary/aromatic N) is 5. The molecule has 0 unspecified atom stereocenters. The zero-order valence-corrected chi connectivity index (χ0v) is 22.4. The molecule has 14 nitrogen and oxygen atoms in total. The van der Waals surface area contributed by atoms with E-state index < -0.39 is 55.2 Å². The molecule has 1 fully saturated rings. The number of anilines is 1. The zero-order valence-electron chi connectivity index (χ0n) is 21.7. The fourth-order valence-electron chi connectivity index (χ4n) is 4.86. The number of aliphatic hydroxyl groups excluding tert-OH is 1. The van der Waals surface area contributed by atoms with Crippen LogP contribution < -0.4 is 5.73 Å². The second kappa shape index (κ2) is 10.7. The molecule has 4 aromatic rings. The minimum absolute atomic E-state index is 0.0404. The highest BCUT2D eigenvalue weighted by atomic mass is 35.5. The van der Waals surface area contributed by atoms with Crippen molar-refractivity contribution < 1.29 is 38.8 Å². The Balaban J connectivity index is 1.36. The molecule has 1 aromatic carbocycles. The zero-order chi connectivity index (χ0) is 29.6. The molecule has 0 radical (unpaired) electrons. The molecule has 5 rings (SSSR count). The van der Waals surface area contributed by atoms with Crippen LogP contribution in [0.4, 0.5) is 10.2 Å². The number of aromatic amines is 1. The number of fused-ring (bicyclic) bond motifs is 1. The first-order valence-corrected chi connectivity index (χ1v) is 12.7. The summed E-state index contributed by atoms with van der Waals surface area (Å²) in [5.41, 5.74) is 6.84. The van der Waals surface area contributed by atoms with Crippen molar-refractivity contribution in [3.05, 3.63) is 52.8 Å². The van der Waals surface area contributed by atoms with E-state index in [1.165, 1.54) is 6.33 Å². The molecule has 6 N–H and O–H groups in total. The molecule has 0 saturated carbocycles. The van der Waals surface area contributed by atoms with Crippen LogP contribution in [0.2, 0.25) is 5.28 Å². The van der Waals surface area contributed by atoms with Crippen LogP contribution in [0.25, 0.3) is 22.3 Å². The van der Waals surface area contributed by atoms with E-state index in [1.807, 2.05) is 13.8 Å². The predicted molar refractivity (Wildman–Crippen MR) is 141 cm³/mol. The SMILES string of the molecule is Cc1n[nH]c(C)c1-c1ccc(CC(OC[C@H]2O[C@@H](n3cnc4c(N)nc(Cl)nc43)[C@@H](F)[C@@H]2O)(C(=O)O)C(=O)O)cc1. The summed E-state index contributed by atoms with van der Waals surface area (Å²) in [5, 5.41) is 37.3. The second-order valence-electron chi connectivity index (χ2n) is 9.63. The van der Waals surface area contributed by atoms with Crippen LogP contribution >= 0.6 is 11.6 Å². The average Bonchev–Trinajstić information content (AvgIpc) is 3.57. The Morgan fingerprint density at radius 2 is 1.90 bits per heavy atom. The van der Waals surface area contributed by atoms with Gasteiger partial charge in [0.25, 0.3) is 5.60 Å². The molecule has 0 amide bonds. The fraction of sp³-hybridized carbons (Fsp3) is 0.360. The number of hydrogen-bond acceptors (Lipinski definition) is 10. The van der Waals surface area contributed by atoms with Crippen LogP contribution in [0.3, 0.4) is 0 Å². The average molecular weight is 590 g/mol. The Labute approximate surface area is 235 Å². The molecule has 216 valence electrons. The number of ether oxygens (including phenoxy) is 2. The highest BCUT2D eigenvalue weighted by molar-refractivity contribution is 6.28. The first kappa shape index (κ1) is 28.4. The number of hydrogen-bond donors (Lipinski definition) is 5. The van der Waals surface area contributed by atoms with E-state index in [-0.39, 0.29) is 22.3 Å². The summed E-state index contributed by atoms with van der Waals surface area (Å²) in [6.07, 6.45) is -6.13. The van der Waals surface area contributed by atoms with E-state index in [9.17, 15) is 24.9 Å². The maximum absolute atomic E-state index is 15.2. The van der Waals surface area contributed by atoms with Gasteiger partial charge in [0.2, 0.25) is 5.28 Å². The molecular weight excluding hydrogens is 565 g/mol. The van der Waals surface area contributed by atoms with Crippen LogP contribution in [0, 0.1) is 13.8 Å². The number of nitrogen functional groups attached to an aromatic ring is 1. The molecule has 0 aliphatic carbocycles. The number of nitrogens with two attached hydrogens (primary N) is 1. The second-order valence-corrected chi connectivity index (χ2v) is 9.97. The number of aliphatic carboxylic acids is 2. The fourth-order valence-corrected chi connectivity index (χ4v) is 5.03. The summed E-state index contributed by atoms with van der Waals surface area (Å²) >= 11 is 5.86. The molecule has 41 heavy (non-hydrogen) atoms. The van der Waals surface area contributed by atoms with Gasteiger partial charge in [0.15, 0.2) is 23.9 Å². The molecule has 1 aliphatic heterocycles. The number of imidazole rings is 1. The Morgan fingerprint density at radius 1 is 1.22 bits per heavy atom. The largest absolute Gasteiger partial charge is 0.479 e. The Kier molecular flexibility index (Phi) is 7.37. The number of carboxylic acid groups (broad SMARTS) is 2. The summed E-state index contributed by atoms with van der Waals surface area (Å²) in [6, 6.07) is 6.61. The lowest BCUT2D eigenvalue weighted by atomic mass is 9.92. The topological polar surface area (TPSA) is 212 Å². The van der Waals surface area contributed by atoms with Gasteiger partial charge in [0.1, 0.15) is 17.7 Å². The Bertz CT molecular complexity index is 1590. The summed E-state index contributed by atoms with van der Waals surface area (Å²) in [4.78, 5) is 36.4. The number of halogens is 2. The first-order valence-electron chi connectivity index (χ1n) is 12.3. The van der Waals surface area contributed by atoms with Crippen LogP contribution in [0.1, 0.15) is 23.2 Å². The van der Waals surface area contributed by atoms with E-state index >= 15 is 4.39 Å². The van der Waals surface area contributed by atoms with E-state index in [0.717, 1.165) is 27.1 Å². The van der Waals surface area contributed by atoms with Gasteiger partial charge in [-0.15, -0.1) is 0 Å². The number of aliphatic hydroxyl groups is 1. The summed E-state index contributed by atoms with van der Waals surface area (Å²) < 4.78 is 27.4. The number of rotatable bonds is 9.